The minimum absolute atomic E-state index is 0.495. The Morgan fingerprint density at radius 1 is 1.30 bits per heavy atom. The van der Waals surface area contributed by atoms with Crippen LogP contribution in [0.2, 0.25) is 0 Å². The molecule has 1 aromatic carbocycles. The lowest BCUT2D eigenvalue weighted by Gasteiger charge is -2.12. The molecular weight excluding hydrogens is 252 g/mol. The molecule has 5 nitrogen and oxygen atoms in total. The summed E-state index contributed by atoms with van der Waals surface area (Å²) < 4.78 is 5.83. The van der Waals surface area contributed by atoms with Crippen molar-refractivity contribution in [2.24, 2.45) is 0 Å². The van der Waals surface area contributed by atoms with Crippen LogP contribution in [0.5, 0.6) is 11.6 Å². The van der Waals surface area contributed by atoms with Crippen molar-refractivity contribution < 1.29 is 4.74 Å². The molecule has 0 saturated carbocycles. The molecular formula is C15H16N4O. The van der Waals surface area contributed by atoms with Crippen molar-refractivity contribution in [3.8, 4) is 17.7 Å². The Hall–Kier alpha value is -2.61. The van der Waals surface area contributed by atoms with Crippen molar-refractivity contribution in [2.45, 2.75) is 20.8 Å². The van der Waals surface area contributed by atoms with E-state index in [4.69, 9.17) is 10.00 Å². The zero-order chi connectivity index (χ0) is 14.5. The van der Waals surface area contributed by atoms with E-state index in [1.54, 1.807) is 12.1 Å². The van der Waals surface area contributed by atoms with Crippen molar-refractivity contribution in [3.05, 3.63) is 41.2 Å². The van der Waals surface area contributed by atoms with E-state index in [9.17, 15) is 0 Å². The predicted molar refractivity (Wildman–Crippen MR) is 76.9 cm³/mol. The number of benzene rings is 1. The van der Waals surface area contributed by atoms with Crippen LogP contribution < -0.4 is 10.1 Å². The van der Waals surface area contributed by atoms with E-state index >= 15 is 0 Å². The Balaban J connectivity index is 2.35. The van der Waals surface area contributed by atoms with E-state index in [2.05, 4.69) is 21.4 Å². The fourth-order valence-electron chi connectivity index (χ4n) is 1.77. The average molecular weight is 268 g/mol. The molecule has 0 aliphatic heterocycles. The van der Waals surface area contributed by atoms with Crippen molar-refractivity contribution in [1.82, 2.24) is 9.97 Å². The van der Waals surface area contributed by atoms with Crippen LogP contribution in [0.25, 0.3) is 0 Å². The van der Waals surface area contributed by atoms with E-state index in [0.29, 0.717) is 17.2 Å². The molecule has 102 valence electrons. The summed E-state index contributed by atoms with van der Waals surface area (Å²) in [6, 6.07) is 7.43. The molecule has 1 heterocycles. The smallest absolute Gasteiger partial charge is 0.227 e. The molecule has 0 unspecified atom stereocenters. The van der Waals surface area contributed by atoms with Gasteiger partial charge in [-0.3, -0.25) is 0 Å². The Bertz CT molecular complexity index is 661. The van der Waals surface area contributed by atoms with Gasteiger partial charge in [0, 0.05) is 6.54 Å². The molecule has 0 aliphatic carbocycles. The maximum Gasteiger partial charge on any atom is 0.227 e. The van der Waals surface area contributed by atoms with Gasteiger partial charge in [0.15, 0.2) is 0 Å². The number of hydrogen-bond acceptors (Lipinski definition) is 5. The van der Waals surface area contributed by atoms with Gasteiger partial charge in [0.1, 0.15) is 17.9 Å². The van der Waals surface area contributed by atoms with Gasteiger partial charge in [-0.1, -0.05) is 6.07 Å². The van der Waals surface area contributed by atoms with Gasteiger partial charge in [0.2, 0.25) is 5.88 Å². The number of aryl methyl sites for hydroxylation is 1. The number of nitrogens with zero attached hydrogens (tertiary/aromatic N) is 3. The maximum absolute atomic E-state index is 8.95. The lowest BCUT2D eigenvalue weighted by atomic mass is 10.1. The first-order valence-electron chi connectivity index (χ1n) is 6.39. The average Bonchev–Trinajstić information content (AvgIpc) is 2.45. The summed E-state index contributed by atoms with van der Waals surface area (Å²) in [4.78, 5) is 8.33. The minimum atomic E-state index is 0.495. The van der Waals surface area contributed by atoms with Gasteiger partial charge >= 0.3 is 0 Å². The van der Waals surface area contributed by atoms with Crippen molar-refractivity contribution in [3.63, 3.8) is 0 Å². The summed E-state index contributed by atoms with van der Waals surface area (Å²) in [6.07, 6.45) is 1.46. The molecule has 0 radical (unpaired) electrons. The first-order chi connectivity index (χ1) is 9.65. The van der Waals surface area contributed by atoms with Crippen molar-refractivity contribution >= 4 is 5.82 Å². The van der Waals surface area contributed by atoms with E-state index in [0.717, 1.165) is 23.5 Å². The highest BCUT2D eigenvalue weighted by Crippen LogP contribution is 2.28. The molecule has 2 aromatic rings. The Labute approximate surface area is 118 Å². The second-order valence-corrected chi connectivity index (χ2v) is 4.38. The third kappa shape index (κ3) is 2.86. The summed E-state index contributed by atoms with van der Waals surface area (Å²) >= 11 is 0. The standard InChI is InChI=1S/C15H16N4O/c1-4-17-14-11(3)15(19-9-18-14)20-13-7-12(8-16)6-5-10(13)2/h5-7,9H,4H2,1-3H3,(H,17,18,19). The topological polar surface area (TPSA) is 70.8 Å². The predicted octanol–water partition coefficient (Wildman–Crippen LogP) is 3.19. The second-order valence-electron chi connectivity index (χ2n) is 4.38. The Morgan fingerprint density at radius 3 is 2.80 bits per heavy atom. The van der Waals surface area contributed by atoms with Crippen LogP contribution in [0.4, 0.5) is 5.82 Å². The van der Waals surface area contributed by atoms with Gasteiger partial charge in [-0.05, 0) is 38.5 Å². The van der Waals surface area contributed by atoms with Gasteiger partial charge in [0.05, 0.1) is 17.2 Å². The van der Waals surface area contributed by atoms with E-state index < -0.39 is 0 Å². The number of ether oxygens (including phenoxy) is 1. The number of nitriles is 1. The van der Waals surface area contributed by atoms with Gasteiger partial charge in [-0.25, -0.2) is 9.97 Å². The SMILES string of the molecule is CCNc1ncnc(Oc2cc(C#N)ccc2C)c1C. The molecule has 0 amide bonds. The lowest BCUT2D eigenvalue weighted by Crippen LogP contribution is -2.04. The molecule has 20 heavy (non-hydrogen) atoms. The molecule has 0 fully saturated rings. The molecule has 5 heteroatoms. The largest absolute Gasteiger partial charge is 0.438 e. The van der Waals surface area contributed by atoms with Gasteiger partial charge in [-0.2, -0.15) is 5.26 Å². The number of aromatic nitrogens is 2. The number of hydrogen-bond donors (Lipinski definition) is 1. The lowest BCUT2D eigenvalue weighted by molar-refractivity contribution is 0.454. The Morgan fingerprint density at radius 2 is 2.10 bits per heavy atom. The monoisotopic (exact) mass is 268 g/mol. The van der Waals surface area contributed by atoms with Crippen molar-refractivity contribution in [1.29, 1.82) is 5.26 Å². The van der Waals surface area contributed by atoms with Crippen LogP contribution >= 0.6 is 0 Å². The van der Waals surface area contributed by atoms with Gasteiger partial charge in [-0.15, -0.1) is 0 Å². The summed E-state index contributed by atoms with van der Waals surface area (Å²) in [7, 11) is 0. The quantitative estimate of drug-likeness (QED) is 0.922. The van der Waals surface area contributed by atoms with E-state index in [1.807, 2.05) is 26.8 Å². The van der Waals surface area contributed by atoms with Crippen LogP contribution in [-0.4, -0.2) is 16.5 Å². The molecule has 0 bridgehead atoms. The highest BCUT2D eigenvalue weighted by molar-refractivity contribution is 5.50. The minimum Gasteiger partial charge on any atom is -0.438 e. The van der Waals surface area contributed by atoms with E-state index in [1.165, 1.54) is 6.33 Å². The zero-order valence-corrected chi connectivity index (χ0v) is 11.8. The fourth-order valence-corrected chi connectivity index (χ4v) is 1.77. The molecule has 0 saturated heterocycles. The molecule has 1 aromatic heterocycles. The highest BCUT2D eigenvalue weighted by atomic mass is 16.5. The second kappa shape index (κ2) is 6.02. The van der Waals surface area contributed by atoms with Crippen molar-refractivity contribution in [2.75, 3.05) is 11.9 Å². The molecule has 0 spiro atoms. The summed E-state index contributed by atoms with van der Waals surface area (Å²) in [5.41, 5.74) is 2.35. The van der Waals surface area contributed by atoms with Crippen LogP contribution in [-0.2, 0) is 0 Å². The van der Waals surface area contributed by atoms with Crippen LogP contribution in [0, 0.1) is 25.2 Å². The maximum atomic E-state index is 8.95. The Kier molecular flexibility index (Phi) is 4.16. The van der Waals surface area contributed by atoms with Crippen LogP contribution in [0.1, 0.15) is 23.6 Å². The first kappa shape index (κ1) is 13.8. The third-order valence-corrected chi connectivity index (χ3v) is 2.91. The number of rotatable bonds is 4. The summed E-state index contributed by atoms with van der Waals surface area (Å²) in [6.45, 7) is 6.61. The molecule has 2 rings (SSSR count). The zero-order valence-electron chi connectivity index (χ0n) is 11.8. The van der Waals surface area contributed by atoms with Gasteiger partial charge in [0.25, 0.3) is 0 Å². The first-order valence-corrected chi connectivity index (χ1v) is 6.39. The van der Waals surface area contributed by atoms with Gasteiger partial charge < -0.3 is 10.1 Å². The summed E-state index contributed by atoms with van der Waals surface area (Å²) in [5, 5.41) is 12.1. The molecule has 0 atom stereocenters. The molecule has 0 aliphatic rings. The van der Waals surface area contributed by atoms with Crippen LogP contribution in [0.15, 0.2) is 24.5 Å². The van der Waals surface area contributed by atoms with E-state index in [-0.39, 0.29) is 0 Å². The van der Waals surface area contributed by atoms with Crippen LogP contribution in [0.3, 0.4) is 0 Å². The normalized spacial score (nSPS) is 9.90. The molecule has 1 N–H and O–H groups in total. The number of anilines is 1. The fraction of sp³-hybridized carbons (Fsp3) is 0.267. The number of nitrogens with one attached hydrogen (secondary N) is 1. The summed E-state index contributed by atoms with van der Waals surface area (Å²) in [5.74, 6) is 1.88. The third-order valence-electron chi connectivity index (χ3n) is 2.91. The highest BCUT2D eigenvalue weighted by Gasteiger charge is 2.10.